The summed E-state index contributed by atoms with van der Waals surface area (Å²) >= 11 is 3.37. The predicted octanol–water partition coefficient (Wildman–Crippen LogP) is 3.54. The summed E-state index contributed by atoms with van der Waals surface area (Å²) in [6.45, 7) is 7.36. The van der Waals surface area contributed by atoms with Crippen LogP contribution >= 0.6 is 15.9 Å². The molecule has 1 aromatic rings. The van der Waals surface area contributed by atoms with Crippen molar-refractivity contribution in [3.8, 4) is 0 Å². The lowest BCUT2D eigenvalue weighted by Crippen LogP contribution is -2.25. The Morgan fingerprint density at radius 1 is 1.55 bits per heavy atom. The van der Waals surface area contributed by atoms with Crippen molar-refractivity contribution in [3.63, 3.8) is 0 Å². The van der Waals surface area contributed by atoms with Crippen LogP contribution in [0.1, 0.15) is 25.8 Å². The van der Waals surface area contributed by atoms with Gasteiger partial charge in [0.1, 0.15) is 12.0 Å². The van der Waals surface area contributed by atoms with E-state index in [4.69, 9.17) is 4.74 Å². The van der Waals surface area contributed by atoms with Crippen molar-refractivity contribution in [3.05, 3.63) is 26.3 Å². The summed E-state index contributed by atoms with van der Waals surface area (Å²) in [5.41, 5.74) is 0.635. The van der Waals surface area contributed by atoms with E-state index in [1.807, 2.05) is 0 Å². The second kappa shape index (κ2) is 6.99. The van der Waals surface area contributed by atoms with Crippen molar-refractivity contribution in [1.29, 1.82) is 0 Å². The fourth-order valence-corrected chi connectivity index (χ4v) is 2.11. The molecule has 0 aliphatic heterocycles. The van der Waals surface area contributed by atoms with Crippen molar-refractivity contribution in [2.75, 3.05) is 25.6 Å². The molecule has 1 rings (SSSR count). The third-order valence-corrected chi connectivity index (χ3v) is 4.12. The monoisotopic (exact) mass is 345 g/mol. The number of nitrogens with zero attached hydrogens (tertiary/aromatic N) is 2. The number of hydrogen-bond donors (Lipinski definition) is 1. The molecular weight excluding hydrogens is 326 g/mol. The molecule has 1 aromatic heterocycles. The molecule has 1 N–H and O–H groups in total. The van der Waals surface area contributed by atoms with Crippen LogP contribution in [0.15, 0.2) is 10.7 Å². The van der Waals surface area contributed by atoms with Gasteiger partial charge >= 0.3 is 0 Å². The fraction of sp³-hybridized carbons (Fsp3) is 0.615. The molecule has 0 saturated heterocycles. The Kier molecular flexibility index (Phi) is 5.88. The van der Waals surface area contributed by atoms with Gasteiger partial charge in [-0.25, -0.2) is 4.98 Å². The van der Waals surface area contributed by atoms with Crippen LogP contribution in [-0.2, 0) is 4.74 Å². The van der Waals surface area contributed by atoms with E-state index in [9.17, 15) is 10.1 Å². The van der Waals surface area contributed by atoms with E-state index in [1.165, 1.54) is 6.20 Å². The number of rotatable bonds is 7. The third kappa shape index (κ3) is 4.42. The van der Waals surface area contributed by atoms with Crippen molar-refractivity contribution < 1.29 is 9.66 Å². The maximum atomic E-state index is 10.8. The van der Waals surface area contributed by atoms with Gasteiger partial charge < -0.3 is 10.1 Å². The highest BCUT2D eigenvalue weighted by Gasteiger charge is 2.20. The average molecular weight is 346 g/mol. The van der Waals surface area contributed by atoms with Crippen LogP contribution in [-0.4, -0.2) is 30.2 Å². The Labute approximate surface area is 127 Å². The van der Waals surface area contributed by atoms with Gasteiger partial charge in [0.15, 0.2) is 0 Å². The van der Waals surface area contributed by atoms with Gasteiger partial charge in [0, 0.05) is 25.8 Å². The molecule has 0 aliphatic rings. The van der Waals surface area contributed by atoms with Crippen molar-refractivity contribution >= 4 is 27.4 Å². The zero-order valence-electron chi connectivity index (χ0n) is 12.2. The van der Waals surface area contributed by atoms with Gasteiger partial charge in [-0.3, -0.25) is 10.1 Å². The van der Waals surface area contributed by atoms with E-state index in [-0.39, 0.29) is 11.1 Å². The number of ether oxygens (including phenoxy) is 1. The van der Waals surface area contributed by atoms with E-state index in [0.29, 0.717) is 29.0 Å². The normalized spacial score (nSPS) is 11.4. The van der Waals surface area contributed by atoms with Crippen molar-refractivity contribution in [1.82, 2.24) is 4.98 Å². The van der Waals surface area contributed by atoms with Gasteiger partial charge in [-0.2, -0.15) is 0 Å². The van der Waals surface area contributed by atoms with Gasteiger partial charge in [0.05, 0.1) is 9.40 Å². The standard InChI is InChI=1S/C13H20BrN3O3/c1-9-10(17(18)19)7-15-12(11(9)14)16-8-13(2,3)5-6-20-4/h7H,5-6,8H2,1-4H3,(H,15,16). The Hall–Kier alpha value is -1.21. The maximum Gasteiger partial charge on any atom is 0.291 e. The quantitative estimate of drug-likeness (QED) is 0.604. The molecule has 0 bridgehead atoms. The van der Waals surface area contributed by atoms with E-state index in [2.05, 4.69) is 40.1 Å². The fourth-order valence-electron chi connectivity index (χ4n) is 1.67. The first kappa shape index (κ1) is 16.8. The highest BCUT2D eigenvalue weighted by molar-refractivity contribution is 9.10. The first-order chi connectivity index (χ1) is 9.28. The number of halogens is 1. The second-order valence-electron chi connectivity index (χ2n) is 5.45. The topological polar surface area (TPSA) is 77.3 Å². The molecule has 0 atom stereocenters. The molecule has 20 heavy (non-hydrogen) atoms. The van der Waals surface area contributed by atoms with Crippen molar-refractivity contribution in [2.24, 2.45) is 5.41 Å². The third-order valence-electron chi connectivity index (χ3n) is 3.15. The molecule has 6 nitrogen and oxygen atoms in total. The van der Waals surface area contributed by atoms with Crippen LogP contribution in [0, 0.1) is 22.5 Å². The first-order valence-corrected chi connectivity index (χ1v) is 7.10. The Morgan fingerprint density at radius 2 is 2.20 bits per heavy atom. The summed E-state index contributed by atoms with van der Waals surface area (Å²) in [5.74, 6) is 0.624. The molecule has 1 heterocycles. The minimum absolute atomic E-state index is 0.0149. The van der Waals surface area contributed by atoms with Crippen LogP contribution < -0.4 is 5.32 Å². The number of aromatic nitrogens is 1. The zero-order valence-corrected chi connectivity index (χ0v) is 13.8. The minimum Gasteiger partial charge on any atom is -0.385 e. The van der Waals surface area contributed by atoms with Crippen LogP contribution in [0.3, 0.4) is 0 Å². The van der Waals surface area contributed by atoms with E-state index in [1.54, 1.807) is 14.0 Å². The first-order valence-electron chi connectivity index (χ1n) is 6.31. The van der Waals surface area contributed by atoms with Gasteiger partial charge in [0.25, 0.3) is 5.69 Å². The highest BCUT2D eigenvalue weighted by Crippen LogP contribution is 2.31. The largest absolute Gasteiger partial charge is 0.385 e. The number of hydrogen-bond acceptors (Lipinski definition) is 5. The number of anilines is 1. The van der Waals surface area contributed by atoms with E-state index in [0.717, 1.165) is 6.42 Å². The van der Waals surface area contributed by atoms with Gasteiger partial charge in [0.2, 0.25) is 0 Å². The number of pyridine rings is 1. The lowest BCUT2D eigenvalue weighted by molar-refractivity contribution is -0.385. The number of methoxy groups -OCH3 is 1. The van der Waals surface area contributed by atoms with E-state index >= 15 is 0 Å². The Morgan fingerprint density at radius 3 is 2.75 bits per heavy atom. The SMILES string of the molecule is COCCC(C)(C)CNc1ncc([N+](=O)[O-])c(C)c1Br. The molecule has 0 saturated carbocycles. The van der Waals surface area contributed by atoms with E-state index < -0.39 is 4.92 Å². The Bertz CT molecular complexity index is 492. The molecule has 7 heteroatoms. The van der Waals surface area contributed by atoms with Crippen LogP contribution in [0.25, 0.3) is 0 Å². The summed E-state index contributed by atoms with van der Waals surface area (Å²) in [5, 5.41) is 14.1. The number of nitrogens with one attached hydrogen (secondary N) is 1. The van der Waals surface area contributed by atoms with Crippen LogP contribution in [0.4, 0.5) is 11.5 Å². The molecule has 0 fully saturated rings. The second-order valence-corrected chi connectivity index (χ2v) is 6.24. The summed E-state index contributed by atoms with van der Waals surface area (Å²) < 4.78 is 5.72. The maximum absolute atomic E-state index is 10.8. The molecule has 0 amide bonds. The molecule has 112 valence electrons. The van der Waals surface area contributed by atoms with Gasteiger partial charge in [-0.05, 0) is 34.7 Å². The lowest BCUT2D eigenvalue weighted by atomic mass is 9.90. The highest BCUT2D eigenvalue weighted by atomic mass is 79.9. The minimum atomic E-state index is -0.431. The molecule has 0 aliphatic carbocycles. The van der Waals surface area contributed by atoms with Gasteiger partial charge in [-0.15, -0.1) is 0 Å². The van der Waals surface area contributed by atoms with Crippen LogP contribution in [0.2, 0.25) is 0 Å². The average Bonchev–Trinajstić information content (AvgIpc) is 2.38. The molecule has 0 aromatic carbocycles. The lowest BCUT2D eigenvalue weighted by Gasteiger charge is -2.25. The Balaban J connectivity index is 2.79. The molecular formula is C13H20BrN3O3. The summed E-state index contributed by atoms with van der Waals surface area (Å²) in [6.07, 6.45) is 2.20. The zero-order chi connectivity index (χ0) is 15.3. The number of nitro groups is 1. The summed E-state index contributed by atoms with van der Waals surface area (Å²) in [6, 6.07) is 0. The molecule has 0 unspecified atom stereocenters. The van der Waals surface area contributed by atoms with Crippen LogP contribution in [0.5, 0.6) is 0 Å². The molecule has 0 radical (unpaired) electrons. The smallest absolute Gasteiger partial charge is 0.291 e. The van der Waals surface area contributed by atoms with Crippen molar-refractivity contribution in [2.45, 2.75) is 27.2 Å². The van der Waals surface area contributed by atoms with Gasteiger partial charge in [-0.1, -0.05) is 13.8 Å². The summed E-state index contributed by atoms with van der Waals surface area (Å²) in [7, 11) is 1.68. The molecule has 0 spiro atoms. The summed E-state index contributed by atoms with van der Waals surface area (Å²) in [4.78, 5) is 14.5. The predicted molar refractivity (Wildman–Crippen MR) is 82.1 cm³/mol.